The lowest BCUT2D eigenvalue weighted by Crippen LogP contribution is -2.34. The second-order valence-corrected chi connectivity index (χ2v) is 6.68. The van der Waals surface area contributed by atoms with Crippen LogP contribution >= 0.6 is 15.9 Å². The van der Waals surface area contributed by atoms with Crippen LogP contribution in [-0.4, -0.2) is 29.8 Å². The van der Waals surface area contributed by atoms with Gasteiger partial charge in [0.2, 0.25) is 5.88 Å². The Morgan fingerprint density at radius 2 is 2.05 bits per heavy atom. The number of ether oxygens (including phenoxy) is 2. The number of hydrogen-bond acceptors (Lipinski definition) is 4. The van der Waals surface area contributed by atoms with Gasteiger partial charge in [-0.05, 0) is 45.0 Å². The van der Waals surface area contributed by atoms with Gasteiger partial charge < -0.3 is 14.8 Å². The topological polar surface area (TPSA) is 60.5 Å². The third-order valence-corrected chi connectivity index (χ3v) is 3.14. The maximum absolute atomic E-state index is 11.5. The molecule has 0 unspecified atom stereocenters. The molecule has 5 nitrogen and oxygen atoms in total. The Labute approximate surface area is 138 Å². The zero-order chi connectivity index (χ0) is 16.2. The van der Waals surface area contributed by atoms with Gasteiger partial charge in [-0.3, -0.25) is 0 Å². The fraction of sp³-hybridized carbons (Fsp3) is 0.375. The van der Waals surface area contributed by atoms with Crippen molar-refractivity contribution >= 4 is 32.9 Å². The monoisotopic (exact) mass is 366 g/mol. The summed E-state index contributed by atoms with van der Waals surface area (Å²) in [5.41, 5.74) is 0.361. The van der Waals surface area contributed by atoms with E-state index in [9.17, 15) is 4.79 Å². The van der Waals surface area contributed by atoms with Crippen molar-refractivity contribution in [3.63, 3.8) is 0 Å². The van der Waals surface area contributed by atoms with E-state index >= 15 is 0 Å². The van der Waals surface area contributed by atoms with E-state index in [0.29, 0.717) is 19.0 Å². The molecule has 2 rings (SSSR count). The van der Waals surface area contributed by atoms with Gasteiger partial charge in [-0.25, -0.2) is 9.78 Å². The van der Waals surface area contributed by atoms with Gasteiger partial charge in [0.1, 0.15) is 12.2 Å². The summed E-state index contributed by atoms with van der Waals surface area (Å²) in [6.45, 7) is 6.14. The molecule has 1 amide bonds. The first kappa shape index (κ1) is 16.5. The summed E-state index contributed by atoms with van der Waals surface area (Å²) in [4.78, 5) is 15.9. The highest BCUT2D eigenvalue weighted by Gasteiger charge is 2.15. The molecule has 118 valence electrons. The minimum absolute atomic E-state index is 0.328. The summed E-state index contributed by atoms with van der Waals surface area (Å²) in [5, 5.41) is 3.67. The average molecular weight is 367 g/mol. The van der Waals surface area contributed by atoms with Gasteiger partial charge in [0.25, 0.3) is 0 Å². The summed E-state index contributed by atoms with van der Waals surface area (Å²) in [6, 6.07) is 9.61. The predicted octanol–water partition coefficient (Wildman–Crippen LogP) is 3.90. The number of carbonyl (C=O) groups excluding carboxylic acids is 1. The largest absolute Gasteiger partial charge is 0.476 e. The van der Waals surface area contributed by atoms with Crippen molar-refractivity contribution in [2.75, 3.05) is 13.2 Å². The van der Waals surface area contributed by atoms with Crippen molar-refractivity contribution in [2.24, 2.45) is 0 Å². The first-order valence-corrected chi connectivity index (χ1v) is 7.79. The fourth-order valence-electron chi connectivity index (χ4n) is 1.78. The molecule has 1 aromatic carbocycles. The number of hydrogen-bond donors (Lipinski definition) is 1. The van der Waals surface area contributed by atoms with Crippen molar-refractivity contribution in [1.82, 2.24) is 10.3 Å². The number of aromatic nitrogens is 1. The van der Waals surface area contributed by atoms with Crippen LogP contribution < -0.4 is 10.1 Å². The van der Waals surface area contributed by atoms with Crippen molar-refractivity contribution in [1.29, 1.82) is 0 Å². The van der Waals surface area contributed by atoms with Crippen LogP contribution in [0.3, 0.4) is 0 Å². The van der Waals surface area contributed by atoms with Gasteiger partial charge in [0.15, 0.2) is 0 Å². The molecule has 22 heavy (non-hydrogen) atoms. The molecule has 0 radical (unpaired) electrons. The Bertz CT molecular complexity index is 668. The van der Waals surface area contributed by atoms with E-state index in [1.165, 1.54) is 0 Å². The van der Waals surface area contributed by atoms with Crippen LogP contribution in [0.2, 0.25) is 0 Å². The van der Waals surface area contributed by atoms with Gasteiger partial charge in [-0.2, -0.15) is 0 Å². The van der Waals surface area contributed by atoms with Crippen LogP contribution in [0.15, 0.2) is 34.8 Å². The Morgan fingerprint density at radius 3 is 2.77 bits per heavy atom. The standard InChI is InChI=1S/C16H19BrN2O3/c1-16(2,3)22-15(20)18-8-9-21-14-7-4-11-10-12(17)5-6-13(11)19-14/h4-7,10H,8-9H2,1-3H3,(H,18,20). The maximum Gasteiger partial charge on any atom is 0.407 e. The number of fused-ring (bicyclic) bond motifs is 1. The minimum Gasteiger partial charge on any atom is -0.476 e. The number of benzene rings is 1. The molecule has 0 saturated carbocycles. The third kappa shape index (κ3) is 5.18. The van der Waals surface area contributed by atoms with Crippen molar-refractivity contribution < 1.29 is 14.3 Å². The van der Waals surface area contributed by atoms with Crippen LogP contribution in [0.4, 0.5) is 4.79 Å². The Balaban J connectivity index is 1.82. The van der Waals surface area contributed by atoms with Crippen molar-refractivity contribution in [2.45, 2.75) is 26.4 Å². The highest BCUT2D eigenvalue weighted by atomic mass is 79.9. The molecule has 0 spiro atoms. The summed E-state index contributed by atoms with van der Waals surface area (Å²) in [5.74, 6) is 0.529. The highest BCUT2D eigenvalue weighted by molar-refractivity contribution is 9.10. The maximum atomic E-state index is 11.5. The number of halogens is 1. The first-order valence-electron chi connectivity index (χ1n) is 6.99. The number of rotatable bonds is 4. The molecule has 1 N–H and O–H groups in total. The molecular formula is C16H19BrN2O3. The predicted molar refractivity (Wildman–Crippen MR) is 89.2 cm³/mol. The molecule has 0 aliphatic rings. The molecule has 0 fully saturated rings. The Kier molecular flexibility index (Phi) is 5.24. The van der Waals surface area contributed by atoms with E-state index in [4.69, 9.17) is 9.47 Å². The molecule has 1 heterocycles. The molecule has 0 saturated heterocycles. The highest BCUT2D eigenvalue weighted by Crippen LogP contribution is 2.20. The molecule has 1 aromatic heterocycles. The number of carbonyl (C=O) groups is 1. The zero-order valence-corrected chi connectivity index (χ0v) is 14.4. The Hall–Kier alpha value is -1.82. The lowest BCUT2D eigenvalue weighted by molar-refractivity contribution is 0.0520. The fourth-order valence-corrected chi connectivity index (χ4v) is 2.16. The minimum atomic E-state index is -0.501. The van der Waals surface area contributed by atoms with Crippen LogP contribution in [0.25, 0.3) is 10.9 Å². The SMILES string of the molecule is CC(C)(C)OC(=O)NCCOc1ccc2cc(Br)ccc2n1. The third-order valence-electron chi connectivity index (χ3n) is 2.65. The summed E-state index contributed by atoms with van der Waals surface area (Å²) in [7, 11) is 0. The van der Waals surface area contributed by atoms with Crippen LogP contribution in [0.1, 0.15) is 20.8 Å². The zero-order valence-electron chi connectivity index (χ0n) is 12.9. The second kappa shape index (κ2) is 6.96. The van der Waals surface area contributed by atoms with Gasteiger partial charge in [0.05, 0.1) is 12.1 Å². The molecular weight excluding hydrogens is 348 g/mol. The average Bonchev–Trinajstić information content (AvgIpc) is 2.41. The van der Waals surface area contributed by atoms with E-state index in [-0.39, 0.29) is 0 Å². The van der Waals surface area contributed by atoms with Gasteiger partial charge >= 0.3 is 6.09 Å². The quantitative estimate of drug-likeness (QED) is 0.833. The number of alkyl carbamates (subject to hydrolysis) is 1. The lowest BCUT2D eigenvalue weighted by atomic mass is 10.2. The number of amides is 1. The van der Waals surface area contributed by atoms with Gasteiger partial charge in [0, 0.05) is 15.9 Å². The molecule has 0 atom stereocenters. The smallest absolute Gasteiger partial charge is 0.407 e. The van der Waals surface area contributed by atoms with E-state index in [2.05, 4.69) is 26.2 Å². The second-order valence-electron chi connectivity index (χ2n) is 5.76. The van der Waals surface area contributed by atoms with Gasteiger partial charge in [-0.15, -0.1) is 0 Å². The van der Waals surface area contributed by atoms with Crippen LogP contribution in [-0.2, 0) is 4.74 Å². The summed E-state index contributed by atoms with van der Waals surface area (Å²) in [6.07, 6.45) is -0.451. The van der Waals surface area contributed by atoms with Crippen LogP contribution in [0.5, 0.6) is 5.88 Å². The molecule has 0 aliphatic carbocycles. The van der Waals surface area contributed by atoms with E-state index < -0.39 is 11.7 Å². The molecule has 2 aromatic rings. The molecule has 0 bridgehead atoms. The van der Waals surface area contributed by atoms with E-state index in [1.54, 1.807) is 0 Å². The van der Waals surface area contributed by atoms with E-state index in [0.717, 1.165) is 15.4 Å². The van der Waals surface area contributed by atoms with Crippen LogP contribution in [0, 0.1) is 0 Å². The summed E-state index contributed by atoms with van der Waals surface area (Å²) >= 11 is 3.43. The van der Waals surface area contributed by atoms with Crippen molar-refractivity contribution in [3.05, 3.63) is 34.8 Å². The molecule has 0 aliphatic heterocycles. The number of pyridine rings is 1. The van der Waals surface area contributed by atoms with Gasteiger partial charge in [-0.1, -0.05) is 15.9 Å². The Morgan fingerprint density at radius 1 is 1.27 bits per heavy atom. The number of nitrogens with zero attached hydrogens (tertiary/aromatic N) is 1. The van der Waals surface area contributed by atoms with E-state index in [1.807, 2.05) is 51.1 Å². The van der Waals surface area contributed by atoms with Crippen molar-refractivity contribution in [3.8, 4) is 5.88 Å². The molecule has 6 heteroatoms. The number of nitrogens with one attached hydrogen (secondary N) is 1. The summed E-state index contributed by atoms with van der Waals surface area (Å²) < 4.78 is 11.7. The first-order chi connectivity index (χ1) is 10.3. The normalized spacial score (nSPS) is 11.3. The lowest BCUT2D eigenvalue weighted by Gasteiger charge is -2.19.